The summed E-state index contributed by atoms with van der Waals surface area (Å²) in [5, 5.41) is 9.62. The van der Waals surface area contributed by atoms with Gasteiger partial charge in [0.2, 0.25) is 0 Å². The Balaban J connectivity index is 1.52. The van der Waals surface area contributed by atoms with Gasteiger partial charge in [0.1, 0.15) is 24.4 Å². The molecule has 2 aliphatic heterocycles. The number of carbonyl (C=O) groups is 4. The number of ether oxygens (including phenoxy) is 4. The molecule has 0 aromatic carbocycles. The molecule has 4 aliphatic carbocycles. The van der Waals surface area contributed by atoms with E-state index in [0.29, 0.717) is 44.1 Å². The van der Waals surface area contributed by atoms with Crippen molar-refractivity contribution < 1.29 is 43.2 Å². The lowest BCUT2D eigenvalue weighted by molar-refractivity contribution is -0.160. The van der Waals surface area contributed by atoms with Gasteiger partial charge in [-0.05, 0) is 63.4 Å². The predicted molar refractivity (Wildman–Crippen MR) is 163 cm³/mol. The van der Waals surface area contributed by atoms with Crippen LogP contribution in [0.4, 0.5) is 0 Å². The summed E-state index contributed by atoms with van der Waals surface area (Å²) in [5.41, 5.74) is 2.92. The highest BCUT2D eigenvalue weighted by Crippen LogP contribution is 2.76. The van der Waals surface area contributed by atoms with Gasteiger partial charge in [-0.25, -0.2) is 4.79 Å². The van der Waals surface area contributed by atoms with E-state index in [4.69, 9.17) is 18.9 Å². The summed E-state index contributed by atoms with van der Waals surface area (Å²) < 4.78 is 24.8. The number of fused-ring (bicyclic) bond motifs is 5. The molecule has 2 heterocycles. The van der Waals surface area contributed by atoms with Crippen LogP contribution in [0.5, 0.6) is 0 Å². The summed E-state index contributed by atoms with van der Waals surface area (Å²) in [7, 11) is 0. The number of hydrogen-bond acceptors (Lipinski definition) is 9. The van der Waals surface area contributed by atoms with Crippen molar-refractivity contribution in [1.29, 1.82) is 0 Å². The third-order valence-corrected chi connectivity index (χ3v) is 12.4. The summed E-state index contributed by atoms with van der Waals surface area (Å²) in [6.07, 6.45) is 1.29. The molecule has 1 N–H and O–H groups in total. The predicted octanol–water partition coefficient (Wildman–Crippen LogP) is 5.01. The molecule has 0 amide bonds. The number of aliphatic hydroxyl groups excluding tert-OH is 1. The number of aliphatic hydroxyl groups is 1. The van der Waals surface area contributed by atoms with Crippen molar-refractivity contribution >= 4 is 23.9 Å². The summed E-state index contributed by atoms with van der Waals surface area (Å²) in [6.45, 7) is 17.4. The van der Waals surface area contributed by atoms with Crippen LogP contribution < -0.4 is 0 Å². The van der Waals surface area contributed by atoms with Gasteiger partial charge in [-0.15, -0.1) is 0 Å². The average Bonchev–Trinajstić information content (AvgIpc) is 3.54. The number of carbonyl (C=O) groups excluding carboxylic acids is 4. The zero-order valence-corrected chi connectivity index (χ0v) is 27.6. The standard InChI is InChI=1S/C36H48O9/c1-16(2)32(39)45-30-27(17(3)10-9-11-37)18(4)12-26-29(30)36(34(41)44-26)15-35-19(5)13-25-23(20(6)33(40)43-25)14-24(35)21(7)28(36)31(35)42-22(8)38/h16-17,19,23,25-26,28-31,37H,6,9-15H2,1-5,7-8H3/t17-,19-,23+,25-,26+,28-,29+,30+,31?,35-,36+/m0/s1. The van der Waals surface area contributed by atoms with E-state index >= 15 is 0 Å². The van der Waals surface area contributed by atoms with Crippen LogP contribution in [-0.4, -0.2) is 60.0 Å². The monoisotopic (exact) mass is 624 g/mol. The Hall–Kier alpha value is -2.94. The maximum atomic E-state index is 14.5. The summed E-state index contributed by atoms with van der Waals surface area (Å²) in [6, 6.07) is 0. The normalized spacial score (nSPS) is 40.7. The van der Waals surface area contributed by atoms with Gasteiger partial charge in [0, 0.05) is 42.8 Å². The highest BCUT2D eigenvalue weighted by Gasteiger charge is 2.80. The maximum Gasteiger partial charge on any atom is 0.334 e. The molecular weight excluding hydrogens is 576 g/mol. The van der Waals surface area contributed by atoms with Gasteiger partial charge in [-0.3, -0.25) is 14.4 Å². The van der Waals surface area contributed by atoms with Gasteiger partial charge in [0.25, 0.3) is 0 Å². The first-order valence-corrected chi connectivity index (χ1v) is 16.7. The van der Waals surface area contributed by atoms with E-state index in [9.17, 15) is 24.3 Å². The van der Waals surface area contributed by atoms with Crippen LogP contribution in [-0.2, 0) is 38.1 Å². The fraction of sp³-hybridized carbons (Fsp3) is 0.722. The van der Waals surface area contributed by atoms with Crippen molar-refractivity contribution in [2.75, 3.05) is 6.61 Å². The van der Waals surface area contributed by atoms with Crippen LogP contribution in [0.3, 0.4) is 0 Å². The van der Waals surface area contributed by atoms with Crippen molar-refractivity contribution in [2.24, 2.45) is 46.3 Å². The van der Waals surface area contributed by atoms with Gasteiger partial charge in [-0.1, -0.05) is 51.0 Å². The lowest BCUT2D eigenvalue weighted by Crippen LogP contribution is -2.51. The quantitative estimate of drug-likeness (QED) is 0.180. The smallest absolute Gasteiger partial charge is 0.334 e. The van der Waals surface area contributed by atoms with Gasteiger partial charge in [0.15, 0.2) is 0 Å². The van der Waals surface area contributed by atoms with E-state index < -0.39 is 46.9 Å². The van der Waals surface area contributed by atoms with E-state index in [2.05, 4.69) is 20.4 Å². The first-order chi connectivity index (χ1) is 21.2. The van der Waals surface area contributed by atoms with Gasteiger partial charge in [-0.2, -0.15) is 0 Å². The lowest BCUT2D eigenvalue weighted by atomic mass is 9.55. The third kappa shape index (κ3) is 4.42. The van der Waals surface area contributed by atoms with E-state index in [0.717, 1.165) is 22.3 Å². The Morgan fingerprint density at radius 2 is 1.78 bits per heavy atom. The first-order valence-electron chi connectivity index (χ1n) is 16.7. The molecular formula is C36H48O9. The molecule has 9 nitrogen and oxygen atoms in total. The minimum atomic E-state index is -1.08. The molecule has 6 aliphatic rings. The maximum absolute atomic E-state index is 14.5. The number of esters is 4. The Kier molecular flexibility index (Phi) is 7.90. The van der Waals surface area contributed by atoms with E-state index in [1.54, 1.807) is 13.8 Å². The van der Waals surface area contributed by atoms with Gasteiger partial charge in [0.05, 0.1) is 17.3 Å². The van der Waals surface area contributed by atoms with Crippen LogP contribution in [0.15, 0.2) is 34.4 Å². The van der Waals surface area contributed by atoms with Crippen molar-refractivity contribution in [1.82, 2.24) is 0 Å². The topological polar surface area (TPSA) is 125 Å². The van der Waals surface area contributed by atoms with Crippen LogP contribution in [0.25, 0.3) is 0 Å². The van der Waals surface area contributed by atoms with Crippen LogP contribution in [0, 0.1) is 46.3 Å². The zero-order chi connectivity index (χ0) is 32.7. The lowest BCUT2D eigenvalue weighted by Gasteiger charge is -2.46. The van der Waals surface area contributed by atoms with Crippen molar-refractivity contribution in [2.45, 2.75) is 111 Å². The molecule has 9 heteroatoms. The Morgan fingerprint density at radius 1 is 1.07 bits per heavy atom. The number of hydrogen-bond donors (Lipinski definition) is 1. The molecule has 11 atom stereocenters. The molecule has 2 saturated carbocycles. The average molecular weight is 625 g/mol. The van der Waals surface area contributed by atoms with Crippen LogP contribution in [0.1, 0.15) is 87.0 Å². The molecule has 246 valence electrons. The van der Waals surface area contributed by atoms with E-state index in [1.807, 2.05) is 13.8 Å². The fourth-order valence-electron chi connectivity index (χ4n) is 10.5. The van der Waals surface area contributed by atoms with Crippen LogP contribution in [0.2, 0.25) is 0 Å². The first kappa shape index (κ1) is 32.0. The molecule has 1 unspecified atom stereocenters. The van der Waals surface area contributed by atoms with Crippen LogP contribution >= 0.6 is 0 Å². The Bertz CT molecular complexity index is 1400. The largest absolute Gasteiger partial charge is 0.461 e. The van der Waals surface area contributed by atoms with Gasteiger partial charge >= 0.3 is 23.9 Å². The Labute approximate surface area is 265 Å². The second-order valence-electron chi connectivity index (χ2n) is 15.0. The molecule has 45 heavy (non-hydrogen) atoms. The summed E-state index contributed by atoms with van der Waals surface area (Å²) >= 11 is 0. The van der Waals surface area contributed by atoms with E-state index in [1.165, 1.54) is 6.92 Å². The van der Waals surface area contributed by atoms with Gasteiger partial charge < -0.3 is 24.1 Å². The third-order valence-electron chi connectivity index (χ3n) is 12.4. The minimum absolute atomic E-state index is 0.0147. The second kappa shape index (κ2) is 11.1. The second-order valence-corrected chi connectivity index (χ2v) is 15.0. The molecule has 2 spiro atoms. The van der Waals surface area contributed by atoms with Crippen molar-refractivity contribution in [3.63, 3.8) is 0 Å². The zero-order valence-electron chi connectivity index (χ0n) is 27.6. The molecule has 0 aromatic rings. The summed E-state index contributed by atoms with van der Waals surface area (Å²) in [4.78, 5) is 53.2. The van der Waals surface area contributed by atoms with Crippen molar-refractivity contribution in [3.8, 4) is 0 Å². The highest BCUT2D eigenvalue weighted by molar-refractivity contribution is 5.91. The molecule has 4 fully saturated rings. The Morgan fingerprint density at radius 3 is 2.42 bits per heavy atom. The SMILES string of the molecule is C=C1C(=O)O[C@H]2C[C@H](C)[C@@]34C[C@@]5(C(=O)O[C@@H]6CC(C)=C([C@@H](C)CCCO)[C@@H](OC(=O)C(C)C)[C@@H]65)[C@@H](C(C)=C3C[C@H]12)C4OC(C)=O. The molecule has 0 aromatic heterocycles. The van der Waals surface area contributed by atoms with E-state index in [-0.39, 0.29) is 54.3 Å². The summed E-state index contributed by atoms with van der Waals surface area (Å²) in [5.74, 6) is -2.95. The minimum Gasteiger partial charge on any atom is -0.461 e. The fourth-order valence-corrected chi connectivity index (χ4v) is 10.5. The highest BCUT2D eigenvalue weighted by atomic mass is 16.6. The van der Waals surface area contributed by atoms with Crippen molar-refractivity contribution in [3.05, 3.63) is 34.4 Å². The number of rotatable bonds is 7. The molecule has 2 saturated heterocycles. The molecule has 2 bridgehead atoms. The molecule has 0 radical (unpaired) electrons. The molecule has 6 rings (SSSR count).